The Hall–Kier alpha value is -4.37. The van der Waals surface area contributed by atoms with Crippen LogP contribution in [0.5, 0.6) is 0 Å². The molecule has 1 aliphatic heterocycles. The molecule has 8 aromatic rings. The van der Waals surface area contributed by atoms with Crippen LogP contribution < -0.4 is 10.4 Å². The molecule has 0 aromatic heterocycles. The fraction of sp³-hybridized carbons (Fsp3) is 0.222. The standard InChI is InChI=1S/2C21H23.C12H7Si.Hf/c2*1-4-15(3)18-13-17-10-8-12-20(21(17)14-18)19-11-7-6-9-16(19)5-2;1-3-7-11-9(5-1)10-6-2-4-8-12(10)13-11;/h2*6-15H,4-5H2,1-3H3;1-7H;/q3*-1;. The topological polar surface area (TPSA) is 0 Å². The summed E-state index contributed by atoms with van der Waals surface area (Å²) in [5, 5.41) is 8.36. The van der Waals surface area contributed by atoms with Crippen molar-refractivity contribution >= 4 is 41.4 Å². The van der Waals surface area contributed by atoms with E-state index in [0.717, 1.165) is 22.4 Å². The number of hydrogen-bond donors (Lipinski definition) is 0. The zero-order valence-corrected chi connectivity index (χ0v) is 38.5. The van der Waals surface area contributed by atoms with Crippen LogP contribution in [-0.4, -0.2) is 9.52 Å². The molecule has 0 bridgehead atoms. The molecule has 0 fully saturated rings. The molecule has 1 aliphatic rings. The van der Waals surface area contributed by atoms with Gasteiger partial charge in [-0.2, -0.15) is 41.6 Å². The second-order valence-corrected chi connectivity index (χ2v) is 16.3. The average molecular weight is 909 g/mol. The van der Waals surface area contributed by atoms with Crippen LogP contribution in [0.4, 0.5) is 0 Å². The largest absolute Gasteiger partial charge is 0.184 e. The molecule has 0 nitrogen and oxygen atoms in total. The van der Waals surface area contributed by atoms with Gasteiger partial charge in [0.05, 0.1) is 9.52 Å². The van der Waals surface area contributed by atoms with Gasteiger partial charge in [0, 0.05) is 25.8 Å². The van der Waals surface area contributed by atoms with Crippen LogP contribution in [0.25, 0.3) is 54.9 Å². The zero-order valence-electron chi connectivity index (χ0n) is 33.9. The molecule has 0 amide bonds. The summed E-state index contributed by atoms with van der Waals surface area (Å²) < 4.78 is 0. The number of aryl methyl sites for hydroxylation is 2. The summed E-state index contributed by atoms with van der Waals surface area (Å²) in [4.78, 5) is 0. The third kappa shape index (κ3) is 8.78. The molecule has 0 N–H and O–H groups in total. The van der Waals surface area contributed by atoms with E-state index < -0.39 is 0 Å². The van der Waals surface area contributed by atoms with E-state index in [9.17, 15) is 0 Å². The molecular weight excluding hydrogens is 855 g/mol. The Labute approximate surface area is 357 Å². The molecule has 280 valence electrons. The van der Waals surface area contributed by atoms with E-state index in [-0.39, 0.29) is 25.8 Å². The van der Waals surface area contributed by atoms with Crippen molar-refractivity contribution in [1.82, 2.24) is 0 Å². The van der Waals surface area contributed by atoms with Crippen molar-refractivity contribution in [2.24, 2.45) is 0 Å². The number of hydrogen-bond acceptors (Lipinski definition) is 0. The first-order valence-electron chi connectivity index (χ1n) is 20.4. The van der Waals surface area contributed by atoms with E-state index in [0.29, 0.717) is 11.8 Å². The van der Waals surface area contributed by atoms with E-state index in [2.05, 4.69) is 193 Å². The molecular formula is C54H53HfSi-3. The quantitative estimate of drug-likeness (QED) is 0.105. The molecule has 0 saturated carbocycles. The smallest absolute Gasteiger partial charge is 0.0920 e. The van der Waals surface area contributed by atoms with Gasteiger partial charge in [0.25, 0.3) is 0 Å². The summed E-state index contributed by atoms with van der Waals surface area (Å²) in [6, 6.07) is 58.6. The van der Waals surface area contributed by atoms with Crippen molar-refractivity contribution in [3.05, 3.63) is 180 Å². The zero-order chi connectivity index (χ0) is 38.3. The Morgan fingerprint density at radius 3 is 1.45 bits per heavy atom. The normalized spacial score (nSPS) is 12.4. The molecule has 2 unspecified atom stereocenters. The summed E-state index contributed by atoms with van der Waals surface area (Å²) in [6.45, 7) is 13.6. The van der Waals surface area contributed by atoms with Crippen LogP contribution in [0.3, 0.4) is 0 Å². The summed E-state index contributed by atoms with van der Waals surface area (Å²) in [7, 11) is 0.795. The Kier molecular flexibility index (Phi) is 14.1. The number of benzene rings is 6. The van der Waals surface area contributed by atoms with Gasteiger partial charge in [0.1, 0.15) is 0 Å². The van der Waals surface area contributed by atoms with E-state index in [1.807, 2.05) is 6.07 Å². The molecule has 2 radical (unpaired) electrons. The second kappa shape index (κ2) is 19.2. The van der Waals surface area contributed by atoms with Gasteiger partial charge in [-0.15, -0.1) is 74.6 Å². The van der Waals surface area contributed by atoms with E-state index in [4.69, 9.17) is 0 Å². The van der Waals surface area contributed by atoms with Crippen molar-refractivity contribution < 1.29 is 25.8 Å². The maximum absolute atomic E-state index is 3.31. The van der Waals surface area contributed by atoms with E-state index in [1.54, 1.807) is 0 Å². The minimum absolute atomic E-state index is 0. The molecule has 8 aromatic carbocycles. The monoisotopic (exact) mass is 909 g/mol. The van der Waals surface area contributed by atoms with Crippen LogP contribution in [0.1, 0.15) is 88.5 Å². The van der Waals surface area contributed by atoms with Crippen LogP contribution in [-0.2, 0) is 38.7 Å². The van der Waals surface area contributed by atoms with Crippen molar-refractivity contribution in [3.63, 3.8) is 0 Å². The first kappa shape index (κ1) is 41.3. The molecule has 0 saturated heterocycles. The predicted molar refractivity (Wildman–Crippen MR) is 242 cm³/mol. The van der Waals surface area contributed by atoms with Gasteiger partial charge in [-0.05, 0) is 46.9 Å². The van der Waals surface area contributed by atoms with Crippen LogP contribution >= 0.6 is 0 Å². The summed E-state index contributed by atoms with van der Waals surface area (Å²) in [6.07, 6.45) is 4.53. The van der Waals surface area contributed by atoms with Gasteiger partial charge in [-0.25, -0.2) is 0 Å². The fourth-order valence-corrected chi connectivity index (χ4v) is 9.24. The van der Waals surface area contributed by atoms with Crippen LogP contribution in [0, 0.1) is 6.07 Å². The third-order valence-corrected chi connectivity index (χ3v) is 13.0. The maximum Gasteiger partial charge on any atom is 0.0920 e. The molecule has 0 spiro atoms. The fourth-order valence-electron chi connectivity index (χ4n) is 7.94. The average Bonchev–Trinajstić information content (AvgIpc) is 3.99. The summed E-state index contributed by atoms with van der Waals surface area (Å²) in [5.74, 6) is 1.26. The van der Waals surface area contributed by atoms with Crippen molar-refractivity contribution in [3.8, 4) is 33.4 Å². The van der Waals surface area contributed by atoms with Gasteiger partial charge >= 0.3 is 0 Å². The minimum Gasteiger partial charge on any atom is -0.184 e. The molecule has 9 rings (SSSR count). The van der Waals surface area contributed by atoms with E-state index in [1.165, 1.54) is 100 Å². The van der Waals surface area contributed by atoms with Gasteiger partial charge in [0.15, 0.2) is 0 Å². The van der Waals surface area contributed by atoms with Crippen LogP contribution in [0.15, 0.2) is 152 Å². The van der Waals surface area contributed by atoms with Crippen molar-refractivity contribution in [1.29, 1.82) is 0 Å². The Morgan fingerprint density at radius 1 is 0.500 bits per heavy atom. The van der Waals surface area contributed by atoms with Gasteiger partial charge in [-0.3, -0.25) is 0 Å². The number of fused-ring (bicyclic) bond motifs is 5. The summed E-state index contributed by atoms with van der Waals surface area (Å²) in [5.41, 5.74) is 14.1. The van der Waals surface area contributed by atoms with Gasteiger partial charge in [0.2, 0.25) is 0 Å². The molecule has 0 aliphatic carbocycles. The Morgan fingerprint density at radius 2 is 0.946 bits per heavy atom. The van der Waals surface area contributed by atoms with Crippen molar-refractivity contribution in [2.75, 3.05) is 0 Å². The first-order chi connectivity index (χ1) is 26.9. The van der Waals surface area contributed by atoms with Gasteiger partial charge < -0.3 is 0 Å². The van der Waals surface area contributed by atoms with E-state index >= 15 is 0 Å². The molecule has 2 heteroatoms. The summed E-state index contributed by atoms with van der Waals surface area (Å²) >= 11 is 0. The molecule has 1 heterocycles. The number of rotatable bonds is 8. The molecule has 56 heavy (non-hydrogen) atoms. The minimum atomic E-state index is 0. The van der Waals surface area contributed by atoms with Crippen LogP contribution in [0.2, 0.25) is 0 Å². The van der Waals surface area contributed by atoms with Crippen molar-refractivity contribution in [2.45, 2.75) is 79.1 Å². The maximum atomic E-state index is 3.31. The SMILES string of the molecule is CCc1ccccc1-c1cccc2[cH-]c(C(C)CC)cc12.CCc1ccccc1-c1cccc2[cH-]c(C(C)CC)cc12.[Hf].[c-]1cccc2c1[Si]c1ccccc1-2. The predicted octanol–water partition coefficient (Wildman–Crippen LogP) is 13.7. The first-order valence-corrected chi connectivity index (χ1v) is 21.4. The molecule has 2 atom stereocenters. The Balaban J connectivity index is 0.000000145. The third-order valence-electron chi connectivity index (χ3n) is 11.6. The second-order valence-electron chi connectivity index (χ2n) is 15.0. The van der Waals surface area contributed by atoms with Gasteiger partial charge in [-0.1, -0.05) is 161 Å². The Bertz CT molecular complexity index is 2340.